The molecule has 0 unspecified atom stereocenters. The summed E-state index contributed by atoms with van der Waals surface area (Å²) in [7, 11) is 0. The lowest BCUT2D eigenvalue weighted by molar-refractivity contribution is 0.442. The van der Waals surface area contributed by atoms with Crippen molar-refractivity contribution in [3.63, 3.8) is 0 Å². The van der Waals surface area contributed by atoms with Crippen molar-refractivity contribution in [2.75, 3.05) is 0 Å². The number of alkyl halides is 1. The average molecular weight is 239 g/mol. The molecule has 12 heavy (non-hydrogen) atoms. The third-order valence-electron chi connectivity index (χ3n) is 1.66. The van der Waals surface area contributed by atoms with E-state index < -0.39 is 17.5 Å². The Balaban J connectivity index is 3.39. The highest BCUT2D eigenvalue weighted by Gasteiger charge is 2.14. The first-order valence-corrected chi connectivity index (χ1v) is 4.39. The molecule has 0 aliphatic carbocycles. The summed E-state index contributed by atoms with van der Waals surface area (Å²) in [6.45, 7) is 1.41. The van der Waals surface area contributed by atoms with Gasteiger partial charge < -0.3 is 0 Å². The van der Waals surface area contributed by atoms with Crippen molar-refractivity contribution in [2.24, 2.45) is 0 Å². The van der Waals surface area contributed by atoms with Gasteiger partial charge in [-0.1, -0.05) is 15.9 Å². The van der Waals surface area contributed by atoms with Gasteiger partial charge in [0, 0.05) is 5.33 Å². The van der Waals surface area contributed by atoms with Crippen LogP contribution in [-0.2, 0) is 5.33 Å². The molecule has 0 nitrogen and oxygen atoms in total. The fraction of sp³-hybridized carbons (Fsp3) is 0.250. The van der Waals surface area contributed by atoms with E-state index in [-0.39, 0.29) is 5.56 Å². The molecule has 0 aromatic heterocycles. The van der Waals surface area contributed by atoms with Gasteiger partial charge in [-0.05, 0) is 24.1 Å². The molecule has 0 spiro atoms. The van der Waals surface area contributed by atoms with Gasteiger partial charge in [0.05, 0.1) is 0 Å². The highest BCUT2D eigenvalue weighted by atomic mass is 79.9. The van der Waals surface area contributed by atoms with E-state index in [4.69, 9.17) is 0 Å². The van der Waals surface area contributed by atoms with Crippen molar-refractivity contribution in [3.8, 4) is 0 Å². The van der Waals surface area contributed by atoms with Crippen LogP contribution in [0.1, 0.15) is 11.1 Å². The maximum atomic E-state index is 12.8. The van der Waals surface area contributed by atoms with E-state index in [1.165, 1.54) is 6.92 Å². The normalized spacial score (nSPS) is 10.4. The Kier molecular flexibility index (Phi) is 2.77. The third kappa shape index (κ3) is 1.48. The number of hydrogen-bond acceptors (Lipinski definition) is 0. The van der Waals surface area contributed by atoms with E-state index in [2.05, 4.69) is 15.9 Å². The number of rotatable bonds is 1. The molecule has 1 aromatic carbocycles. The molecule has 0 heterocycles. The van der Waals surface area contributed by atoms with E-state index >= 15 is 0 Å². The first-order valence-electron chi connectivity index (χ1n) is 3.27. The first-order chi connectivity index (χ1) is 5.57. The molecule has 0 saturated carbocycles. The van der Waals surface area contributed by atoms with Crippen LogP contribution in [0.3, 0.4) is 0 Å². The topological polar surface area (TPSA) is 0 Å². The largest absolute Gasteiger partial charge is 0.204 e. The monoisotopic (exact) mass is 238 g/mol. The standard InChI is InChI=1S/C8H6BrF3/c1-4-5(3-9)2-6(10)8(12)7(4)11/h2H,3H2,1H3. The molecule has 0 atom stereocenters. The average Bonchev–Trinajstić information content (AvgIpc) is 2.08. The Bertz CT molecular complexity index is 310. The highest BCUT2D eigenvalue weighted by Crippen LogP contribution is 2.20. The molecule has 0 fully saturated rings. The maximum absolute atomic E-state index is 12.8. The Labute approximate surface area is 76.5 Å². The van der Waals surface area contributed by atoms with Gasteiger partial charge in [0.25, 0.3) is 0 Å². The first kappa shape index (κ1) is 9.58. The third-order valence-corrected chi connectivity index (χ3v) is 2.26. The molecule has 0 amide bonds. The zero-order valence-corrected chi connectivity index (χ0v) is 7.88. The lowest BCUT2D eigenvalue weighted by Gasteiger charge is -2.04. The molecule has 66 valence electrons. The van der Waals surface area contributed by atoms with Gasteiger partial charge in [0.2, 0.25) is 0 Å². The highest BCUT2D eigenvalue weighted by molar-refractivity contribution is 9.08. The predicted molar refractivity (Wildman–Crippen MR) is 43.7 cm³/mol. The molecule has 0 N–H and O–H groups in total. The zero-order valence-electron chi connectivity index (χ0n) is 6.30. The second kappa shape index (κ2) is 3.47. The Morgan fingerprint density at radius 3 is 2.33 bits per heavy atom. The maximum Gasteiger partial charge on any atom is 0.194 e. The molecule has 0 aliphatic heterocycles. The van der Waals surface area contributed by atoms with Gasteiger partial charge in [-0.15, -0.1) is 0 Å². The van der Waals surface area contributed by atoms with Crippen LogP contribution in [0.5, 0.6) is 0 Å². The van der Waals surface area contributed by atoms with Gasteiger partial charge in [-0.2, -0.15) is 0 Å². The molecule has 1 rings (SSSR count). The quantitative estimate of drug-likeness (QED) is 0.521. The minimum Gasteiger partial charge on any atom is -0.204 e. The van der Waals surface area contributed by atoms with Crippen LogP contribution in [0.15, 0.2) is 6.07 Å². The fourth-order valence-corrected chi connectivity index (χ4v) is 1.46. The van der Waals surface area contributed by atoms with Crippen molar-refractivity contribution in [1.82, 2.24) is 0 Å². The van der Waals surface area contributed by atoms with E-state index in [0.717, 1.165) is 6.07 Å². The number of halogens is 4. The van der Waals surface area contributed by atoms with Crippen molar-refractivity contribution in [3.05, 3.63) is 34.6 Å². The minimum absolute atomic E-state index is 0.144. The van der Waals surface area contributed by atoms with Gasteiger partial charge in [-0.25, -0.2) is 13.2 Å². The van der Waals surface area contributed by atoms with Crippen LogP contribution in [0.25, 0.3) is 0 Å². The van der Waals surface area contributed by atoms with Gasteiger partial charge in [0.15, 0.2) is 17.5 Å². The lowest BCUT2D eigenvalue weighted by Crippen LogP contribution is -1.98. The van der Waals surface area contributed by atoms with Crippen LogP contribution in [-0.4, -0.2) is 0 Å². The Morgan fingerprint density at radius 1 is 1.25 bits per heavy atom. The number of hydrogen-bond donors (Lipinski definition) is 0. The van der Waals surface area contributed by atoms with Crippen molar-refractivity contribution in [2.45, 2.75) is 12.3 Å². The number of benzene rings is 1. The summed E-state index contributed by atoms with van der Waals surface area (Å²) in [5.41, 5.74) is 0.567. The van der Waals surface area contributed by atoms with Crippen LogP contribution in [0.4, 0.5) is 13.2 Å². The van der Waals surface area contributed by atoms with Crippen LogP contribution in [0.2, 0.25) is 0 Å². The lowest BCUT2D eigenvalue weighted by atomic mass is 10.1. The molecule has 0 radical (unpaired) electrons. The zero-order chi connectivity index (χ0) is 9.30. The summed E-state index contributed by atoms with van der Waals surface area (Å²) in [4.78, 5) is 0. The molecule has 4 heteroatoms. The van der Waals surface area contributed by atoms with Crippen molar-refractivity contribution in [1.29, 1.82) is 0 Å². The summed E-state index contributed by atoms with van der Waals surface area (Å²) < 4.78 is 37.9. The smallest absolute Gasteiger partial charge is 0.194 e. The molecule has 0 aliphatic rings. The Morgan fingerprint density at radius 2 is 1.83 bits per heavy atom. The Hall–Kier alpha value is -0.510. The minimum atomic E-state index is -1.41. The summed E-state index contributed by atoms with van der Waals surface area (Å²) in [5.74, 6) is -3.66. The SMILES string of the molecule is Cc1c(CBr)cc(F)c(F)c1F. The summed E-state index contributed by atoms with van der Waals surface area (Å²) in [5, 5.41) is 0.312. The van der Waals surface area contributed by atoms with E-state index in [0.29, 0.717) is 10.9 Å². The van der Waals surface area contributed by atoms with Crippen molar-refractivity contribution < 1.29 is 13.2 Å². The summed E-state index contributed by atoms with van der Waals surface area (Å²) in [6, 6.07) is 0.989. The van der Waals surface area contributed by atoms with E-state index in [1.54, 1.807) is 0 Å². The molecule has 1 aromatic rings. The molecular weight excluding hydrogens is 233 g/mol. The molecular formula is C8H6BrF3. The van der Waals surface area contributed by atoms with Crippen molar-refractivity contribution >= 4 is 15.9 Å². The molecule has 0 saturated heterocycles. The molecule has 0 bridgehead atoms. The fourth-order valence-electron chi connectivity index (χ4n) is 0.874. The second-order valence-electron chi connectivity index (χ2n) is 2.40. The van der Waals surface area contributed by atoms with Gasteiger partial charge in [0.1, 0.15) is 0 Å². The van der Waals surface area contributed by atoms with E-state index in [1.807, 2.05) is 0 Å². The van der Waals surface area contributed by atoms with Crippen LogP contribution in [0, 0.1) is 24.4 Å². The second-order valence-corrected chi connectivity index (χ2v) is 2.96. The van der Waals surface area contributed by atoms with Crippen LogP contribution >= 0.6 is 15.9 Å². The van der Waals surface area contributed by atoms with E-state index in [9.17, 15) is 13.2 Å². The predicted octanol–water partition coefficient (Wildman–Crippen LogP) is 3.31. The summed E-state index contributed by atoms with van der Waals surface area (Å²) >= 11 is 3.05. The summed E-state index contributed by atoms with van der Waals surface area (Å²) in [6.07, 6.45) is 0. The van der Waals surface area contributed by atoms with Crippen LogP contribution < -0.4 is 0 Å². The van der Waals surface area contributed by atoms with Gasteiger partial charge in [-0.3, -0.25) is 0 Å². The van der Waals surface area contributed by atoms with Gasteiger partial charge >= 0.3 is 0 Å².